The summed E-state index contributed by atoms with van der Waals surface area (Å²) in [4.78, 5) is 9.90. The summed E-state index contributed by atoms with van der Waals surface area (Å²) in [5.41, 5.74) is 0. The molecular weight excluding hydrogens is 288 g/mol. The zero-order chi connectivity index (χ0) is 16.5. The molecule has 0 saturated heterocycles. The van der Waals surface area contributed by atoms with Crippen LogP contribution in [0.4, 0.5) is 0 Å². The number of carbonyl (C=O) groups excluding carboxylic acids is 1. The predicted octanol–water partition coefficient (Wildman–Crippen LogP) is -0.539. The Morgan fingerprint density at radius 3 is 1.55 bits per heavy atom. The first-order valence-corrected chi connectivity index (χ1v) is 6.73. The number of benzene rings is 2. The van der Waals surface area contributed by atoms with Crippen molar-refractivity contribution in [3.05, 3.63) is 48.5 Å². The number of fused-ring (bicyclic) bond motifs is 1. The van der Waals surface area contributed by atoms with Gasteiger partial charge in [-0.15, -0.1) is 0 Å². The molecule has 0 bridgehead atoms. The fourth-order valence-corrected chi connectivity index (χ4v) is 1.75. The summed E-state index contributed by atoms with van der Waals surface area (Å²) in [6.07, 6.45) is -6.84. The fraction of sp³-hybridized carbons (Fsp3) is 0.312. The predicted molar refractivity (Wildman–Crippen MR) is 81.1 cm³/mol. The number of aliphatic hydroxyl groups is 5. The van der Waals surface area contributed by atoms with Crippen molar-refractivity contribution in [2.75, 3.05) is 6.61 Å². The standard InChI is InChI=1S/C10H8.C6H12O6/c1-2-6-10-8-4-3-7-9(10)5-1;7-1-3(9)5(11)6(12)4(10)2-8/h1-8H;1,3-6,8-12H,2H2. The maximum absolute atomic E-state index is 9.90. The highest BCUT2D eigenvalue weighted by molar-refractivity contribution is 5.81. The molecule has 4 atom stereocenters. The van der Waals surface area contributed by atoms with Gasteiger partial charge in [-0.2, -0.15) is 0 Å². The summed E-state index contributed by atoms with van der Waals surface area (Å²) in [7, 11) is 0. The molecule has 0 aliphatic heterocycles. The molecule has 0 radical (unpaired) electrons. The van der Waals surface area contributed by atoms with Gasteiger partial charge in [0.25, 0.3) is 0 Å². The summed E-state index contributed by atoms with van der Waals surface area (Å²) >= 11 is 0. The van der Waals surface area contributed by atoms with Gasteiger partial charge in [0.1, 0.15) is 24.4 Å². The van der Waals surface area contributed by atoms with Crippen molar-refractivity contribution in [1.29, 1.82) is 0 Å². The van der Waals surface area contributed by atoms with E-state index in [-0.39, 0.29) is 6.29 Å². The molecule has 0 fully saturated rings. The van der Waals surface area contributed by atoms with Crippen molar-refractivity contribution in [3.63, 3.8) is 0 Å². The quantitative estimate of drug-likeness (QED) is 0.474. The lowest BCUT2D eigenvalue weighted by molar-refractivity contribution is -0.136. The Morgan fingerprint density at radius 2 is 1.23 bits per heavy atom. The molecule has 120 valence electrons. The first-order chi connectivity index (χ1) is 10.5. The molecule has 0 aliphatic rings. The molecule has 2 aromatic carbocycles. The van der Waals surface area contributed by atoms with Crippen LogP contribution in [0.25, 0.3) is 10.8 Å². The molecule has 2 rings (SSSR count). The molecular formula is C16H20O6. The second-order valence-corrected chi connectivity index (χ2v) is 4.70. The third kappa shape index (κ3) is 5.18. The van der Waals surface area contributed by atoms with Crippen LogP contribution < -0.4 is 0 Å². The van der Waals surface area contributed by atoms with E-state index in [9.17, 15) is 4.79 Å². The Bertz CT molecular complexity index is 508. The Morgan fingerprint density at radius 1 is 0.818 bits per heavy atom. The minimum Gasteiger partial charge on any atom is -0.394 e. The first kappa shape index (κ1) is 18.2. The summed E-state index contributed by atoms with van der Waals surface area (Å²) < 4.78 is 0. The van der Waals surface area contributed by atoms with E-state index in [0.29, 0.717) is 0 Å². The second kappa shape index (κ2) is 9.24. The molecule has 4 unspecified atom stereocenters. The topological polar surface area (TPSA) is 118 Å². The Balaban J connectivity index is 0.000000222. The van der Waals surface area contributed by atoms with Gasteiger partial charge in [0.05, 0.1) is 6.61 Å². The Labute approximate surface area is 127 Å². The van der Waals surface area contributed by atoms with Crippen LogP contribution in [-0.2, 0) is 4.79 Å². The molecule has 0 saturated carbocycles. The maximum Gasteiger partial charge on any atom is 0.151 e. The normalized spacial score (nSPS) is 16.0. The maximum atomic E-state index is 9.90. The number of rotatable bonds is 5. The van der Waals surface area contributed by atoms with Gasteiger partial charge in [0.2, 0.25) is 0 Å². The lowest BCUT2D eigenvalue weighted by Gasteiger charge is -2.22. The van der Waals surface area contributed by atoms with Crippen LogP contribution in [0.1, 0.15) is 0 Å². The van der Waals surface area contributed by atoms with Gasteiger partial charge < -0.3 is 30.3 Å². The number of hydrogen-bond donors (Lipinski definition) is 5. The van der Waals surface area contributed by atoms with E-state index in [4.69, 9.17) is 25.5 Å². The monoisotopic (exact) mass is 308 g/mol. The van der Waals surface area contributed by atoms with Gasteiger partial charge in [-0.25, -0.2) is 0 Å². The Hall–Kier alpha value is -1.83. The largest absolute Gasteiger partial charge is 0.394 e. The van der Waals surface area contributed by atoms with Crippen molar-refractivity contribution in [2.45, 2.75) is 24.4 Å². The van der Waals surface area contributed by atoms with Crippen LogP contribution in [0.2, 0.25) is 0 Å². The Kier molecular flexibility index (Phi) is 7.65. The number of aldehydes is 1. The SMILES string of the molecule is O=CC(O)C(O)C(O)C(O)CO.c1ccc2ccccc2c1. The van der Waals surface area contributed by atoms with Crippen LogP contribution >= 0.6 is 0 Å². The summed E-state index contributed by atoms with van der Waals surface area (Å²) in [6, 6.07) is 16.7. The van der Waals surface area contributed by atoms with Crippen molar-refractivity contribution < 1.29 is 30.3 Å². The van der Waals surface area contributed by atoms with Gasteiger partial charge in [-0.1, -0.05) is 48.5 Å². The van der Waals surface area contributed by atoms with Crippen LogP contribution in [0.15, 0.2) is 48.5 Å². The average molecular weight is 308 g/mol. The molecule has 5 N–H and O–H groups in total. The van der Waals surface area contributed by atoms with Gasteiger partial charge in [0, 0.05) is 0 Å². The van der Waals surface area contributed by atoms with Crippen LogP contribution in [0.3, 0.4) is 0 Å². The molecule has 6 nitrogen and oxygen atoms in total. The number of hydrogen-bond acceptors (Lipinski definition) is 6. The van der Waals surface area contributed by atoms with E-state index < -0.39 is 31.0 Å². The summed E-state index contributed by atoms with van der Waals surface area (Å²) in [5.74, 6) is 0. The smallest absolute Gasteiger partial charge is 0.151 e. The van der Waals surface area contributed by atoms with Gasteiger partial charge in [0.15, 0.2) is 6.29 Å². The van der Waals surface area contributed by atoms with Crippen molar-refractivity contribution in [1.82, 2.24) is 0 Å². The lowest BCUT2D eigenvalue weighted by atomic mass is 10.0. The molecule has 0 aliphatic carbocycles. The van der Waals surface area contributed by atoms with Crippen LogP contribution in [0.5, 0.6) is 0 Å². The number of carbonyl (C=O) groups is 1. The highest BCUT2D eigenvalue weighted by Gasteiger charge is 2.29. The zero-order valence-electron chi connectivity index (χ0n) is 11.9. The highest BCUT2D eigenvalue weighted by atomic mass is 16.4. The lowest BCUT2D eigenvalue weighted by Crippen LogP contribution is -2.46. The van der Waals surface area contributed by atoms with Gasteiger partial charge >= 0.3 is 0 Å². The van der Waals surface area contributed by atoms with Crippen molar-refractivity contribution in [2.24, 2.45) is 0 Å². The van der Waals surface area contributed by atoms with Crippen LogP contribution in [-0.4, -0.2) is 62.8 Å². The molecule has 6 heteroatoms. The molecule has 0 aromatic heterocycles. The molecule has 0 amide bonds. The molecule has 0 heterocycles. The van der Waals surface area contributed by atoms with E-state index in [1.54, 1.807) is 0 Å². The zero-order valence-corrected chi connectivity index (χ0v) is 11.9. The minimum atomic E-state index is -1.79. The molecule has 0 spiro atoms. The average Bonchev–Trinajstić information content (AvgIpc) is 2.59. The second-order valence-electron chi connectivity index (χ2n) is 4.70. The minimum absolute atomic E-state index is 0.0258. The van der Waals surface area contributed by atoms with E-state index in [1.807, 2.05) is 0 Å². The number of aliphatic hydroxyl groups excluding tert-OH is 5. The summed E-state index contributed by atoms with van der Waals surface area (Å²) in [6.45, 7) is -0.760. The third-order valence-electron chi connectivity index (χ3n) is 3.08. The van der Waals surface area contributed by atoms with E-state index in [2.05, 4.69) is 48.5 Å². The van der Waals surface area contributed by atoms with Crippen LogP contribution in [0, 0.1) is 0 Å². The van der Waals surface area contributed by atoms with Crippen molar-refractivity contribution in [3.8, 4) is 0 Å². The van der Waals surface area contributed by atoms with E-state index in [0.717, 1.165) is 0 Å². The highest BCUT2D eigenvalue weighted by Crippen LogP contribution is 2.11. The third-order valence-corrected chi connectivity index (χ3v) is 3.08. The van der Waals surface area contributed by atoms with E-state index >= 15 is 0 Å². The molecule has 2 aromatic rings. The molecule has 22 heavy (non-hydrogen) atoms. The van der Waals surface area contributed by atoms with Gasteiger partial charge in [-0.05, 0) is 10.8 Å². The summed E-state index contributed by atoms with van der Waals surface area (Å²) in [5, 5.41) is 46.2. The first-order valence-electron chi connectivity index (χ1n) is 6.73. The van der Waals surface area contributed by atoms with E-state index in [1.165, 1.54) is 10.8 Å². The van der Waals surface area contributed by atoms with Gasteiger partial charge in [-0.3, -0.25) is 0 Å². The fourth-order valence-electron chi connectivity index (χ4n) is 1.75. The van der Waals surface area contributed by atoms with Crippen molar-refractivity contribution >= 4 is 17.1 Å².